The van der Waals surface area contributed by atoms with Crippen molar-refractivity contribution in [3.63, 3.8) is 0 Å². The fourth-order valence-electron chi connectivity index (χ4n) is 2.84. The van der Waals surface area contributed by atoms with E-state index in [0.717, 1.165) is 41.1 Å². The molecule has 1 atom stereocenters. The lowest BCUT2D eigenvalue weighted by atomic mass is 10.1. The lowest BCUT2D eigenvalue weighted by molar-refractivity contribution is 0.276. The quantitative estimate of drug-likeness (QED) is 0.759. The third-order valence-corrected chi connectivity index (χ3v) is 4.83. The van der Waals surface area contributed by atoms with Gasteiger partial charge in [0.2, 0.25) is 0 Å². The number of hydrogen-bond acceptors (Lipinski definition) is 5. The zero-order valence-corrected chi connectivity index (χ0v) is 15.5. The number of rotatable bonds is 7. The average molecular weight is 391 g/mol. The second-order valence-electron chi connectivity index (χ2n) is 6.02. The Morgan fingerprint density at radius 1 is 1.33 bits per heavy atom. The molecule has 1 aliphatic heterocycles. The van der Waals surface area contributed by atoms with E-state index in [1.165, 1.54) is 18.4 Å². The molecule has 2 aromatic heterocycles. The third-order valence-electron chi connectivity index (χ3n) is 4.19. The maximum Gasteiger partial charge on any atom is 0.140 e. The number of anilines is 1. The van der Waals surface area contributed by atoms with Crippen LogP contribution in [0.4, 0.5) is 5.82 Å². The minimum Gasteiger partial charge on any atom is -0.490 e. The molecule has 1 saturated heterocycles. The normalized spacial score (nSPS) is 17.0. The summed E-state index contributed by atoms with van der Waals surface area (Å²) in [6, 6.07) is 6.63. The van der Waals surface area contributed by atoms with Gasteiger partial charge in [0.15, 0.2) is 0 Å². The van der Waals surface area contributed by atoms with Crippen LogP contribution >= 0.6 is 15.9 Å². The molecule has 128 valence electrons. The van der Waals surface area contributed by atoms with Gasteiger partial charge in [-0.05, 0) is 71.9 Å². The Kier molecular flexibility index (Phi) is 6.04. The van der Waals surface area contributed by atoms with Crippen LogP contribution in [0.25, 0.3) is 0 Å². The van der Waals surface area contributed by atoms with Gasteiger partial charge in [-0.2, -0.15) is 0 Å². The van der Waals surface area contributed by atoms with Crippen molar-refractivity contribution >= 4 is 21.7 Å². The van der Waals surface area contributed by atoms with Crippen LogP contribution in [-0.4, -0.2) is 36.2 Å². The number of nitrogens with zero attached hydrogens (tertiary/aromatic N) is 2. The lowest BCUT2D eigenvalue weighted by Crippen LogP contribution is -2.28. The van der Waals surface area contributed by atoms with Gasteiger partial charge in [-0.3, -0.25) is 4.98 Å². The smallest absolute Gasteiger partial charge is 0.140 e. The standard InChI is InChI=1S/C18H23BrN4O/c1-20-18-17(19)7-6-14(23-18)5-4-13-9-16(11-21-10-13)24-12-15-3-2-8-22-15/h6-7,9-11,15,22H,2-5,8,12H2,1H3,(H,20,23)/t15-/m0/s1. The van der Waals surface area contributed by atoms with E-state index < -0.39 is 0 Å². The fourth-order valence-corrected chi connectivity index (χ4v) is 3.26. The number of nitrogens with one attached hydrogen (secondary N) is 2. The van der Waals surface area contributed by atoms with E-state index in [0.29, 0.717) is 12.6 Å². The predicted molar refractivity (Wildman–Crippen MR) is 99.6 cm³/mol. The minimum absolute atomic E-state index is 0.473. The van der Waals surface area contributed by atoms with Gasteiger partial charge in [0.25, 0.3) is 0 Å². The molecule has 3 rings (SSSR count). The van der Waals surface area contributed by atoms with Crippen LogP contribution in [0.5, 0.6) is 5.75 Å². The Morgan fingerprint density at radius 3 is 3.04 bits per heavy atom. The van der Waals surface area contributed by atoms with Crippen molar-refractivity contribution in [2.75, 3.05) is 25.5 Å². The SMILES string of the molecule is CNc1nc(CCc2cncc(OC[C@@H]3CCCN3)c2)ccc1Br. The second-order valence-corrected chi connectivity index (χ2v) is 6.87. The van der Waals surface area contributed by atoms with Crippen molar-refractivity contribution in [2.24, 2.45) is 0 Å². The first-order valence-corrected chi connectivity index (χ1v) is 9.17. The van der Waals surface area contributed by atoms with Gasteiger partial charge in [0.05, 0.1) is 10.7 Å². The van der Waals surface area contributed by atoms with Crippen LogP contribution in [0.2, 0.25) is 0 Å². The molecule has 3 heterocycles. The summed E-state index contributed by atoms with van der Waals surface area (Å²) in [5.74, 6) is 1.72. The lowest BCUT2D eigenvalue weighted by Gasteiger charge is -2.12. The molecule has 0 amide bonds. The molecule has 0 bridgehead atoms. The Morgan fingerprint density at radius 2 is 2.25 bits per heavy atom. The molecule has 1 fully saturated rings. The molecule has 0 unspecified atom stereocenters. The number of aromatic nitrogens is 2. The van der Waals surface area contributed by atoms with Crippen molar-refractivity contribution in [1.29, 1.82) is 0 Å². The molecule has 0 aromatic carbocycles. The van der Waals surface area contributed by atoms with Crippen molar-refractivity contribution in [3.05, 3.63) is 46.3 Å². The van der Waals surface area contributed by atoms with Gasteiger partial charge in [-0.1, -0.05) is 0 Å². The van der Waals surface area contributed by atoms with Gasteiger partial charge < -0.3 is 15.4 Å². The molecule has 2 aromatic rings. The molecule has 2 N–H and O–H groups in total. The van der Waals surface area contributed by atoms with E-state index in [9.17, 15) is 0 Å². The van der Waals surface area contributed by atoms with Gasteiger partial charge in [-0.15, -0.1) is 0 Å². The minimum atomic E-state index is 0.473. The molecule has 24 heavy (non-hydrogen) atoms. The highest BCUT2D eigenvalue weighted by Crippen LogP contribution is 2.20. The summed E-state index contributed by atoms with van der Waals surface area (Å²) in [6.45, 7) is 1.81. The van der Waals surface area contributed by atoms with Crippen LogP contribution in [-0.2, 0) is 12.8 Å². The Bertz CT molecular complexity index is 674. The van der Waals surface area contributed by atoms with Crippen LogP contribution in [0.3, 0.4) is 0 Å². The summed E-state index contributed by atoms with van der Waals surface area (Å²) < 4.78 is 6.86. The molecule has 0 aliphatic carbocycles. The first kappa shape index (κ1) is 17.2. The van der Waals surface area contributed by atoms with E-state index in [4.69, 9.17) is 4.74 Å². The summed E-state index contributed by atoms with van der Waals surface area (Å²) in [6.07, 6.45) is 7.88. The Labute approximate surface area is 151 Å². The Balaban J connectivity index is 1.56. The van der Waals surface area contributed by atoms with Crippen molar-refractivity contribution < 1.29 is 4.74 Å². The number of ether oxygens (including phenoxy) is 1. The second kappa shape index (κ2) is 8.44. The van der Waals surface area contributed by atoms with Crippen molar-refractivity contribution in [2.45, 2.75) is 31.7 Å². The number of aryl methyl sites for hydroxylation is 2. The highest BCUT2D eigenvalue weighted by atomic mass is 79.9. The molecule has 5 nitrogen and oxygen atoms in total. The summed E-state index contributed by atoms with van der Waals surface area (Å²) in [5.41, 5.74) is 2.23. The Hall–Kier alpha value is -1.66. The molecule has 1 aliphatic rings. The van der Waals surface area contributed by atoms with Crippen molar-refractivity contribution in [3.8, 4) is 5.75 Å². The highest BCUT2D eigenvalue weighted by Gasteiger charge is 2.14. The average Bonchev–Trinajstić information content (AvgIpc) is 3.13. The van der Waals surface area contributed by atoms with E-state index >= 15 is 0 Å². The summed E-state index contributed by atoms with van der Waals surface area (Å²) in [5, 5.41) is 6.53. The van der Waals surface area contributed by atoms with Crippen LogP contribution in [0, 0.1) is 0 Å². The maximum absolute atomic E-state index is 5.88. The topological polar surface area (TPSA) is 59.1 Å². The van der Waals surface area contributed by atoms with Gasteiger partial charge in [0.1, 0.15) is 18.2 Å². The largest absolute Gasteiger partial charge is 0.490 e. The predicted octanol–water partition coefficient (Wildman–Crippen LogP) is 3.20. The van der Waals surface area contributed by atoms with Gasteiger partial charge in [0, 0.05) is 25.0 Å². The zero-order chi connectivity index (χ0) is 16.8. The molecule has 0 spiro atoms. The summed E-state index contributed by atoms with van der Waals surface area (Å²) >= 11 is 3.48. The van der Waals surface area contributed by atoms with E-state index in [-0.39, 0.29) is 0 Å². The zero-order valence-electron chi connectivity index (χ0n) is 13.9. The highest BCUT2D eigenvalue weighted by molar-refractivity contribution is 9.10. The molecule has 0 saturated carbocycles. The fraction of sp³-hybridized carbons (Fsp3) is 0.444. The summed E-state index contributed by atoms with van der Waals surface area (Å²) in [7, 11) is 1.88. The number of hydrogen-bond donors (Lipinski definition) is 2. The first-order valence-electron chi connectivity index (χ1n) is 8.38. The summed E-state index contributed by atoms with van der Waals surface area (Å²) in [4.78, 5) is 8.90. The number of pyridine rings is 2. The van der Waals surface area contributed by atoms with Crippen LogP contribution in [0.15, 0.2) is 35.1 Å². The monoisotopic (exact) mass is 390 g/mol. The third kappa shape index (κ3) is 4.68. The molecule has 6 heteroatoms. The van der Waals surface area contributed by atoms with Crippen molar-refractivity contribution in [1.82, 2.24) is 15.3 Å². The van der Waals surface area contributed by atoms with E-state index in [1.54, 1.807) is 6.20 Å². The number of halogens is 1. The van der Waals surface area contributed by atoms with Gasteiger partial charge >= 0.3 is 0 Å². The van der Waals surface area contributed by atoms with Crippen LogP contribution in [0.1, 0.15) is 24.1 Å². The van der Waals surface area contributed by atoms with E-state index in [1.807, 2.05) is 25.4 Å². The van der Waals surface area contributed by atoms with Crippen LogP contribution < -0.4 is 15.4 Å². The molecule has 0 radical (unpaired) electrons. The van der Waals surface area contributed by atoms with Gasteiger partial charge in [-0.25, -0.2) is 4.98 Å². The maximum atomic E-state index is 5.88. The molecular weight excluding hydrogens is 368 g/mol. The molecular formula is C18H23BrN4O. The van der Waals surface area contributed by atoms with E-state index in [2.05, 4.69) is 42.6 Å². The first-order chi connectivity index (χ1) is 11.7.